The van der Waals surface area contributed by atoms with Crippen LogP contribution in [0.2, 0.25) is 0 Å². The summed E-state index contributed by atoms with van der Waals surface area (Å²) in [6, 6.07) is 3.20. The third kappa shape index (κ3) is 5.09. The van der Waals surface area contributed by atoms with Crippen LogP contribution in [-0.4, -0.2) is 48.3 Å². The molecule has 1 aromatic rings. The van der Waals surface area contributed by atoms with Crippen molar-refractivity contribution >= 4 is 15.7 Å². The average Bonchev–Trinajstić information content (AvgIpc) is 3.26. The highest BCUT2D eigenvalue weighted by Crippen LogP contribution is 2.29. The number of pyridine rings is 1. The zero-order valence-corrected chi connectivity index (χ0v) is 12.9. The molecule has 21 heavy (non-hydrogen) atoms. The molecule has 0 aromatic carbocycles. The molecule has 6 nitrogen and oxygen atoms in total. The molecule has 0 aliphatic heterocycles. The van der Waals surface area contributed by atoms with E-state index in [9.17, 15) is 13.2 Å². The molecule has 0 spiro atoms. The van der Waals surface area contributed by atoms with Gasteiger partial charge < -0.3 is 10.6 Å². The van der Waals surface area contributed by atoms with Gasteiger partial charge in [0.2, 0.25) is 5.91 Å². The van der Waals surface area contributed by atoms with Crippen LogP contribution in [0.1, 0.15) is 24.8 Å². The molecule has 1 atom stereocenters. The lowest BCUT2D eigenvalue weighted by Crippen LogP contribution is -2.45. The van der Waals surface area contributed by atoms with E-state index in [1.54, 1.807) is 17.3 Å². The van der Waals surface area contributed by atoms with E-state index in [1.807, 2.05) is 12.1 Å². The molecular formula is C14H21N3O3S. The Labute approximate surface area is 125 Å². The van der Waals surface area contributed by atoms with Gasteiger partial charge in [-0.3, -0.25) is 9.78 Å². The molecule has 1 fully saturated rings. The van der Waals surface area contributed by atoms with Crippen molar-refractivity contribution in [3.05, 3.63) is 30.1 Å². The van der Waals surface area contributed by atoms with Crippen LogP contribution < -0.4 is 5.73 Å². The highest BCUT2D eigenvalue weighted by atomic mass is 32.2. The van der Waals surface area contributed by atoms with Crippen LogP contribution in [-0.2, 0) is 21.2 Å². The van der Waals surface area contributed by atoms with Gasteiger partial charge in [-0.1, -0.05) is 6.07 Å². The maximum atomic E-state index is 12.4. The summed E-state index contributed by atoms with van der Waals surface area (Å²) in [5.74, 6) is -0.240. The quantitative estimate of drug-likeness (QED) is 0.783. The van der Waals surface area contributed by atoms with E-state index >= 15 is 0 Å². The number of hydrogen-bond donors (Lipinski definition) is 1. The molecule has 1 heterocycles. The fourth-order valence-electron chi connectivity index (χ4n) is 2.14. The third-order valence-electron chi connectivity index (χ3n) is 3.46. The van der Waals surface area contributed by atoms with E-state index in [1.165, 1.54) is 0 Å². The topological polar surface area (TPSA) is 93.4 Å². The molecule has 1 amide bonds. The van der Waals surface area contributed by atoms with Gasteiger partial charge in [0.1, 0.15) is 9.84 Å². The van der Waals surface area contributed by atoms with Crippen molar-refractivity contribution < 1.29 is 13.2 Å². The summed E-state index contributed by atoms with van der Waals surface area (Å²) in [7, 11) is -3.10. The predicted octanol–water partition coefficient (Wildman–Crippen LogP) is 0.335. The number of nitrogens with two attached hydrogens (primary N) is 1. The van der Waals surface area contributed by atoms with Crippen molar-refractivity contribution in [3.63, 3.8) is 0 Å². The number of aromatic nitrogens is 1. The largest absolute Gasteiger partial charge is 0.334 e. The van der Waals surface area contributed by atoms with Gasteiger partial charge in [0.15, 0.2) is 0 Å². The van der Waals surface area contributed by atoms with Crippen molar-refractivity contribution in [2.24, 2.45) is 5.73 Å². The minimum absolute atomic E-state index is 0.0642. The lowest BCUT2D eigenvalue weighted by molar-refractivity contribution is -0.133. The van der Waals surface area contributed by atoms with Crippen molar-refractivity contribution in [3.8, 4) is 0 Å². The number of rotatable bonds is 7. The lowest BCUT2D eigenvalue weighted by atomic mass is 10.2. The first-order valence-corrected chi connectivity index (χ1v) is 9.05. The van der Waals surface area contributed by atoms with E-state index in [4.69, 9.17) is 5.73 Å². The first kappa shape index (κ1) is 15.9. The van der Waals surface area contributed by atoms with Crippen molar-refractivity contribution in [1.82, 2.24) is 9.88 Å². The molecule has 0 radical (unpaired) electrons. The fourth-order valence-corrected chi connectivity index (χ4v) is 2.82. The third-order valence-corrected chi connectivity index (χ3v) is 4.44. The molecule has 1 saturated carbocycles. The second-order valence-corrected chi connectivity index (χ2v) is 7.84. The highest BCUT2D eigenvalue weighted by molar-refractivity contribution is 7.90. The van der Waals surface area contributed by atoms with Crippen LogP contribution in [0.3, 0.4) is 0 Å². The average molecular weight is 311 g/mol. The number of hydrogen-bond acceptors (Lipinski definition) is 5. The van der Waals surface area contributed by atoms with Crippen LogP contribution in [0.4, 0.5) is 0 Å². The van der Waals surface area contributed by atoms with Crippen LogP contribution in [0.15, 0.2) is 24.5 Å². The summed E-state index contributed by atoms with van der Waals surface area (Å²) < 4.78 is 22.4. The second-order valence-electron chi connectivity index (χ2n) is 5.58. The summed E-state index contributed by atoms with van der Waals surface area (Å²) in [4.78, 5) is 18.2. The first-order valence-electron chi connectivity index (χ1n) is 6.99. The van der Waals surface area contributed by atoms with Crippen LogP contribution in [0, 0.1) is 0 Å². The number of carbonyl (C=O) groups excluding carboxylic acids is 1. The zero-order valence-electron chi connectivity index (χ0n) is 12.1. The standard InChI is InChI=1S/C14H21N3O3S/c1-21(19,20)8-6-13(15)14(18)17(12-4-5-12)10-11-3-2-7-16-9-11/h2-3,7,9,12-13H,4-6,8,10,15H2,1H3. The molecule has 7 heteroatoms. The Morgan fingerprint density at radius 1 is 1.52 bits per heavy atom. The summed E-state index contributed by atoms with van der Waals surface area (Å²) in [5, 5.41) is 0. The van der Waals surface area contributed by atoms with Crippen molar-refractivity contribution in [2.75, 3.05) is 12.0 Å². The van der Waals surface area contributed by atoms with Gasteiger partial charge in [-0.15, -0.1) is 0 Å². The second kappa shape index (κ2) is 6.53. The summed E-state index contributed by atoms with van der Waals surface area (Å²) in [5.41, 5.74) is 6.83. The Bertz CT molecular complexity index is 585. The normalized spacial score (nSPS) is 16.5. The van der Waals surface area contributed by atoms with Crippen molar-refractivity contribution in [1.29, 1.82) is 0 Å². The summed E-state index contributed by atoms with van der Waals surface area (Å²) in [6.07, 6.45) is 6.68. The molecule has 1 aliphatic rings. The first-order chi connectivity index (χ1) is 9.87. The van der Waals surface area contributed by atoms with Crippen LogP contribution in [0.25, 0.3) is 0 Å². The Balaban J connectivity index is 1.99. The van der Waals surface area contributed by atoms with Crippen LogP contribution >= 0.6 is 0 Å². The molecule has 1 aliphatic carbocycles. The van der Waals surface area contributed by atoms with E-state index in [0.29, 0.717) is 6.54 Å². The maximum Gasteiger partial charge on any atom is 0.240 e. The van der Waals surface area contributed by atoms with E-state index in [2.05, 4.69) is 4.98 Å². The van der Waals surface area contributed by atoms with Gasteiger partial charge in [-0.2, -0.15) is 0 Å². The molecule has 116 valence electrons. The minimum atomic E-state index is -3.10. The van der Waals surface area contributed by atoms with E-state index < -0.39 is 15.9 Å². The Kier molecular flexibility index (Phi) is 4.95. The number of amides is 1. The SMILES string of the molecule is CS(=O)(=O)CCC(N)C(=O)N(Cc1cccnc1)C1CC1. The Morgan fingerprint density at radius 3 is 2.76 bits per heavy atom. The number of nitrogens with zero attached hydrogens (tertiary/aromatic N) is 2. The smallest absolute Gasteiger partial charge is 0.240 e. The van der Waals surface area contributed by atoms with Gasteiger partial charge >= 0.3 is 0 Å². The van der Waals surface area contributed by atoms with Gasteiger partial charge in [0.25, 0.3) is 0 Å². The molecule has 0 saturated heterocycles. The lowest BCUT2D eigenvalue weighted by Gasteiger charge is -2.25. The Hall–Kier alpha value is -1.47. The van der Waals surface area contributed by atoms with Gasteiger partial charge in [0, 0.05) is 31.2 Å². The maximum absolute atomic E-state index is 12.4. The monoisotopic (exact) mass is 311 g/mol. The molecule has 2 rings (SSSR count). The number of sulfone groups is 1. The minimum Gasteiger partial charge on any atom is -0.334 e. The zero-order chi connectivity index (χ0) is 15.5. The van der Waals surface area contributed by atoms with Gasteiger partial charge in [-0.05, 0) is 30.9 Å². The molecule has 1 unspecified atom stereocenters. The van der Waals surface area contributed by atoms with Crippen molar-refractivity contribution in [2.45, 2.75) is 37.9 Å². The summed E-state index contributed by atoms with van der Waals surface area (Å²) >= 11 is 0. The Morgan fingerprint density at radius 2 is 2.24 bits per heavy atom. The summed E-state index contributed by atoms with van der Waals surface area (Å²) in [6.45, 7) is 0.476. The molecule has 2 N–H and O–H groups in total. The van der Waals surface area contributed by atoms with Gasteiger partial charge in [-0.25, -0.2) is 8.42 Å². The molecule has 0 bridgehead atoms. The highest BCUT2D eigenvalue weighted by Gasteiger charge is 2.34. The molecule has 1 aromatic heterocycles. The van der Waals surface area contributed by atoms with E-state index in [0.717, 1.165) is 24.7 Å². The fraction of sp³-hybridized carbons (Fsp3) is 0.571. The van der Waals surface area contributed by atoms with Crippen LogP contribution in [0.5, 0.6) is 0 Å². The molecular weight excluding hydrogens is 290 g/mol. The van der Waals surface area contributed by atoms with Gasteiger partial charge in [0.05, 0.1) is 11.8 Å². The van der Waals surface area contributed by atoms with E-state index in [-0.39, 0.29) is 24.1 Å². The predicted molar refractivity (Wildman–Crippen MR) is 80.1 cm³/mol. The number of carbonyl (C=O) groups is 1.